The molecule has 14 heavy (non-hydrogen) atoms. The summed E-state index contributed by atoms with van der Waals surface area (Å²) in [6, 6.07) is 0. The Labute approximate surface area is 93.6 Å². The van der Waals surface area contributed by atoms with Crippen molar-refractivity contribution in [3.63, 3.8) is 0 Å². The third kappa shape index (κ3) is 3.09. The molecular formula is C8H16N4S2. The Kier molecular flexibility index (Phi) is 5.17. The highest BCUT2D eigenvalue weighted by Gasteiger charge is 2.15. The molecule has 0 unspecified atom stereocenters. The third-order valence-corrected chi connectivity index (χ3v) is 3.14. The van der Waals surface area contributed by atoms with Crippen LogP contribution in [-0.2, 0) is 0 Å². The van der Waals surface area contributed by atoms with Gasteiger partial charge < -0.3 is 0 Å². The molecule has 0 radical (unpaired) electrons. The van der Waals surface area contributed by atoms with Crippen LogP contribution in [0.25, 0.3) is 0 Å². The standard InChI is InChI=1S/C8H16N4S2/c1-4-12-8(14-6-3)10-9-7(11-12)13-5-2/h4-6H2,1-3H3,(H,9,11). The molecule has 0 bridgehead atoms. The number of thioether (sulfide) groups is 2. The van der Waals surface area contributed by atoms with E-state index < -0.39 is 0 Å². The normalized spacial score (nSPS) is 16.1. The maximum Gasteiger partial charge on any atom is 0.204 e. The molecule has 4 nitrogen and oxygen atoms in total. The number of hydrogen-bond acceptors (Lipinski definition) is 6. The van der Waals surface area contributed by atoms with Crippen LogP contribution >= 0.6 is 23.5 Å². The molecule has 1 N–H and O–H groups in total. The van der Waals surface area contributed by atoms with Gasteiger partial charge in [0.05, 0.1) is 0 Å². The summed E-state index contributed by atoms with van der Waals surface area (Å²) in [7, 11) is 0. The molecule has 0 saturated heterocycles. The first-order chi connectivity index (χ1) is 6.81. The van der Waals surface area contributed by atoms with E-state index in [1.54, 1.807) is 23.5 Å². The van der Waals surface area contributed by atoms with Gasteiger partial charge in [0.25, 0.3) is 0 Å². The lowest BCUT2D eigenvalue weighted by Gasteiger charge is -2.27. The van der Waals surface area contributed by atoms with Crippen LogP contribution in [0, 0.1) is 0 Å². The molecule has 0 fully saturated rings. The zero-order valence-electron chi connectivity index (χ0n) is 8.78. The monoisotopic (exact) mass is 232 g/mol. The lowest BCUT2D eigenvalue weighted by molar-refractivity contribution is 0.400. The Balaban J connectivity index is 2.63. The Bertz CT molecular complexity index is 239. The first kappa shape index (κ1) is 11.7. The number of nitrogens with one attached hydrogen (secondary N) is 1. The number of hydrazine groups is 1. The molecule has 0 saturated carbocycles. The highest BCUT2D eigenvalue weighted by molar-refractivity contribution is 8.14. The van der Waals surface area contributed by atoms with Crippen LogP contribution in [0.5, 0.6) is 0 Å². The van der Waals surface area contributed by atoms with E-state index >= 15 is 0 Å². The summed E-state index contributed by atoms with van der Waals surface area (Å²) in [5.41, 5.74) is 3.23. The second-order valence-electron chi connectivity index (χ2n) is 2.51. The van der Waals surface area contributed by atoms with Gasteiger partial charge in [0, 0.05) is 6.54 Å². The minimum Gasteiger partial charge on any atom is -0.273 e. The maximum absolute atomic E-state index is 4.18. The van der Waals surface area contributed by atoms with E-state index in [-0.39, 0.29) is 0 Å². The van der Waals surface area contributed by atoms with Gasteiger partial charge in [-0.05, 0) is 18.4 Å². The van der Waals surface area contributed by atoms with Crippen molar-refractivity contribution in [2.75, 3.05) is 18.1 Å². The molecule has 80 valence electrons. The van der Waals surface area contributed by atoms with Crippen LogP contribution in [0.4, 0.5) is 0 Å². The van der Waals surface area contributed by atoms with E-state index in [0.29, 0.717) is 0 Å². The van der Waals surface area contributed by atoms with Gasteiger partial charge in [-0.3, -0.25) is 10.4 Å². The van der Waals surface area contributed by atoms with Crippen molar-refractivity contribution in [1.29, 1.82) is 0 Å². The second-order valence-corrected chi connectivity index (χ2v) is 4.99. The van der Waals surface area contributed by atoms with Crippen molar-refractivity contribution in [3.8, 4) is 0 Å². The van der Waals surface area contributed by atoms with E-state index in [1.807, 2.05) is 5.01 Å². The fourth-order valence-electron chi connectivity index (χ4n) is 0.976. The number of hydrogen-bond donors (Lipinski definition) is 1. The molecule has 1 aliphatic rings. The van der Waals surface area contributed by atoms with Crippen molar-refractivity contribution >= 4 is 33.9 Å². The van der Waals surface area contributed by atoms with E-state index in [1.165, 1.54) is 0 Å². The molecule has 1 heterocycles. The van der Waals surface area contributed by atoms with E-state index in [9.17, 15) is 0 Å². The molecule has 1 rings (SSSR count). The molecule has 0 aliphatic carbocycles. The molecule has 0 aromatic rings. The molecule has 0 aromatic carbocycles. The Morgan fingerprint density at radius 3 is 2.43 bits per heavy atom. The number of amidine groups is 2. The highest BCUT2D eigenvalue weighted by atomic mass is 32.2. The summed E-state index contributed by atoms with van der Waals surface area (Å²) in [4.78, 5) is 0. The smallest absolute Gasteiger partial charge is 0.204 e. The zero-order valence-corrected chi connectivity index (χ0v) is 10.4. The molecular weight excluding hydrogens is 216 g/mol. The summed E-state index contributed by atoms with van der Waals surface area (Å²) >= 11 is 3.37. The van der Waals surface area contributed by atoms with Crippen LogP contribution in [0.3, 0.4) is 0 Å². The van der Waals surface area contributed by atoms with Gasteiger partial charge in [0.1, 0.15) is 0 Å². The lowest BCUT2D eigenvalue weighted by atomic mass is 10.7. The van der Waals surface area contributed by atoms with E-state index in [0.717, 1.165) is 28.4 Å². The van der Waals surface area contributed by atoms with Crippen LogP contribution in [-0.4, -0.2) is 33.4 Å². The number of nitrogens with zero attached hydrogens (tertiary/aromatic N) is 3. The van der Waals surface area contributed by atoms with Crippen molar-refractivity contribution in [2.24, 2.45) is 10.2 Å². The molecule has 6 heteroatoms. The number of rotatable bonds is 3. The van der Waals surface area contributed by atoms with Gasteiger partial charge in [-0.15, -0.1) is 10.2 Å². The summed E-state index contributed by atoms with van der Waals surface area (Å²) in [5, 5.41) is 12.2. The van der Waals surface area contributed by atoms with Crippen molar-refractivity contribution in [2.45, 2.75) is 20.8 Å². The predicted octanol–water partition coefficient (Wildman–Crippen LogP) is 1.96. The third-order valence-electron chi connectivity index (χ3n) is 1.56. The Hall–Kier alpha value is -0.360. The van der Waals surface area contributed by atoms with E-state index in [4.69, 9.17) is 0 Å². The topological polar surface area (TPSA) is 40.0 Å². The van der Waals surface area contributed by atoms with Crippen LogP contribution in [0.15, 0.2) is 10.2 Å². The maximum atomic E-state index is 4.18. The van der Waals surface area contributed by atoms with Crippen molar-refractivity contribution in [1.82, 2.24) is 10.4 Å². The SMILES string of the molecule is CCSC1=NN=C(SCC)N(CC)N1. The average Bonchev–Trinajstić information content (AvgIpc) is 2.21. The molecule has 0 aromatic heterocycles. The summed E-state index contributed by atoms with van der Waals surface area (Å²) in [6.07, 6.45) is 0. The largest absolute Gasteiger partial charge is 0.273 e. The minimum atomic E-state index is 0.884. The highest BCUT2D eigenvalue weighted by Crippen LogP contribution is 2.13. The molecule has 0 atom stereocenters. The van der Waals surface area contributed by atoms with Gasteiger partial charge in [0.2, 0.25) is 10.3 Å². The van der Waals surface area contributed by atoms with Gasteiger partial charge in [0.15, 0.2) is 0 Å². The van der Waals surface area contributed by atoms with E-state index in [2.05, 4.69) is 36.4 Å². The lowest BCUT2D eigenvalue weighted by Crippen LogP contribution is -2.46. The second kappa shape index (κ2) is 6.19. The van der Waals surface area contributed by atoms with Gasteiger partial charge in [-0.2, -0.15) is 0 Å². The first-order valence-electron chi connectivity index (χ1n) is 4.77. The predicted molar refractivity (Wildman–Crippen MR) is 66.6 cm³/mol. The summed E-state index contributed by atoms with van der Waals surface area (Å²) in [5.74, 6) is 2.03. The summed E-state index contributed by atoms with van der Waals surface area (Å²) < 4.78 is 0. The van der Waals surface area contributed by atoms with Crippen molar-refractivity contribution in [3.05, 3.63) is 0 Å². The molecule has 0 amide bonds. The van der Waals surface area contributed by atoms with Gasteiger partial charge in [-0.1, -0.05) is 37.4 Å². The molecule has 1 aliphatic heterocycles. The van der Waals surface area contributed by atoms with Crippen LogP contribution in [0.2, 0.25) is 0 Å². The molecule has 0 spiro atoms. The Morgan fingerprint density at radius 1 is 1.14 bits per heavy atom. The van der Waals surface area contributed by atoms with Crippen LogP contribution < -0.4 is 5.43 Å². The quantitative estimate of drug-likeness (QED) is 0.807. The minimum absolute atomic E-state index is 0.884. The van der Waals surface area contributed by atoms with Crippen molar-refractivity contribution < 1.29 is 0 Å². The fourth-order valence-corrected chi connectivity index (χ4v) is 2.21. The first-order valence-corrected chi connectivity index (χ1v) is 6.74. The Morgan fingerprint density at radius 2 is 1.86 bits per heavy atom. The zero-order chi connectivity index (χ0) is 10.4. The fraction of sp³-hybridized carbons (Fsp3) is 0.750. The van der Waals surface area contributed by atoms with Crippen LogP contribution in [0.1, 0.15) is 20.8 Å². The average molecular weight is 232 g/mol. The van der Waals surface area contributed by atoms with Gasteiger partial charge >= 0.3 is 0 Å². The summed E-state index contributed by atoms with van der Waals surface area (Å²) in [6.45, 7) is 7.21. The van der Waals surface area contributed by atoms with Gasteiger partial charge in [-0.25, -0.2) is 0 Å².